The van der Waals surface area contributed by atoms with Crippen molar-refractivity contribution in [3.8, 4) is 0 Å². The first-order valence-corrected chi connectivity index (χ1v) is 11.0. The summed E-state index contributed by atoms with van der Waals surface area (Å²) in [6, 6.07) is 8.89. The van der Waals surface area contributed by atoms with Crippen molar-refractivity contribution >= 4 is 12.1 Å². The number of benzene rings is 1. The first-order chi connectivity index (χ1) is 14.7. The SMILES string of the molecule is CN(CCN(CCO)CCCCCCNC(=O)OC(C)(C)C)OC(=O)c1ccccc1. The van der Waals surface area contributed by atoms with Crippen LogP contribution in [0.3, 0.4) is 0 Å². The molecule has 0 radical (unpaired) electrons. The van der Waals surface area contributed by atoms with Crippen LogP contribution in [-0.2, 0) is 9.57 Å². The first kappa shape index (κ1) is 26.9. The standard InChI is InChI=1S/C23H39N3O5/c1-23(2,3)30-22(29)24-14-10-5-6-11-15-26(18-19-27)17-16-25(4)31-21(28)20-12-8-7-9-13-20/h7-9,12-13,27H,5-6,10-11,14-19H2,1-4H3,(H,24,29). The normalized spacial score (nSPS) is 11.6. The van der Waals surface area contributed by atoms with Crippen LogP contribution in [0.25, 0.3) is 0 Å². The number of unbranched alkanes of at least 4 members (excludes halogenated alkanes) is 3. The molecule has 1 amide bonds. The van der Waals surface area contributed by atoms with Crippen LogP contribution in [0.2, 0.25) is 0 Å². The molecule has 0 atom stereocenters. The summed E-state index contributed by atoms with van der Waals surface area (Å²) in [5.41, 5.74) is 0.0384. The fraction of sp³-hybridized carbons (Fsp3) is 0.652. The minimum atomic E-state index is -0.478. The van der Waals surface area contributed by atoms with Gasteiger partial charge in [0.25, 0.3) is 0 Å². The Hall–Kier alpha value is -2.16. The Bertz CT molecular complexity index is 634. The molecule has 0 heterocycles. The number of aliphatic hydroxyl groups excluding tert-OH is 1. The van der Waals surface area contributed by atoms with E-state index >= 15 is 0 Å². The van der Waals surface area contributed by atoms with Gasteiger partial charge >= 0.3 is 12.1 Å². The summed E-state index contributed by atoms with van der Waals surface area (Å²) in [6.45, 7) is 8.92. The lowest BCUT2D eigenvalue weighted by Crippen LogP contribution is -2.36. The van der Waals surface area contributed by atoms with Crippen molar-refractivity contribution in [1.82, 2.24) is 15.3 Å². The van der Waals surface area contributed by atoms with E-state index in [9.17, 15) is 14.7 Å². The fourth-order valence-corrected chi connectivity index (χ4v) is 2.89. The van der Waals surface area contributed by atoms with Gasteiger partial charge in [0.05, 0.1) is 12.2 Å². The number of aliphatic hydroxyl groups is 1. The van der Waals surface area contributed by atoms with Gasteiger partial charge in [0.1, 0.15) is 5.60 Å². The molecule has 1 aromatic carbocycles. The molecule has 0 bridgehead atoms. The number of hydrogen-bond acceptors (Lipinski definition) is 7. The quantitative estimate of drug-likeness (QED) is 0.341. The van der Waals surface area contributed by atoms with E-state index in [0.29, 0.717) is 31.7 Å². The number of ether oxygens (including phenoxy) is 1. The maximum atomic E-state index is 12.1. The molecule has 0 saturated heterocycles. The van der Waals surface area contributed by atoms with E-state index in [1.54, 1.807) is 31.3 Å². The molecule has 0 fully saturated rings. The van der Waals surface area contributed by atoms with Crippen LogP contribution >= 0.6 is 0 Å². The monoisotopic (exact) mass is 437 g/mol. The Morgan fingerprint density at radius 2 is 1.65 bits per heavy atom. The number of likely N-dealkylation sites (N-methyl/N-ethyl adjacent to an activating group) is 1. The van der Waals surface area contributed by atoms with Gasteiger partial charge in [0.2, 0.25) is 0 Å². The van der Waals surface area contributed by atoms with Crippen molar-refractivity contribution in [1.29, 1.82) is 0 Å². The van der Waals surface area contributed by atoms with Gasteiger partial charge in [-0.2, -0.15) is 0 Å². The maximum Gasteiger partial charge on any atom is 0.407 e. The predicted molar refractivity (Wildman–Crippen MR) is 121 cm³/mol. The highest BCUT2D eigenvalue weighted by Crippen LogP contribution is 2.07. The minimum absolute atomic E-state index is 0.0906. The van der Waals surface area contributed by atoms with E-state index in [-0.39, 0.29) is 18.7 Å². The zero-order chi connectivity index (χ0) is 23.1. The molecule has 0 unspecified atom stereocenters. The first-order valence-electron chi connectivity index (χ1n) is 11.0. The summed E-state index contributed by atoms with van der Waals surface area (Å²) >= 11 is 0. The number of alkyl carbamates (subject to hydrolysis) is 1. The number of nitrogens with one attached hydrogen (secondary N) is 1. The summed E-state index contributed by atoms with van der Waals surface area (Å²) < 4.78 is 5.20. The lowest BCUT2D eigenvalue weighted by atomic mass is 10.2. The Morgan fingerprint density at radius 1 is 0.968 bits per heavy atom. The molecule has 31 heavy (non-hydrogen) atoms. The molecule has 2 N–H and O–H groups in total. The highest BCUT2D eigenvalue weighted by molar-refractivity contribution is 5.89. The molecular formula is C23H39N3O5. The van der Waals surface area contributed by atoms with Crippen molar-refractivity contribution in [2.45, 2.75) is 52.1 Å². The van der Waals surface area contributed by atoms with Crippen LogP contribution in [0, 0.1) is 0 Å². The number of hydroxylamine groups is 2. The summed E-state index contributed by atoms with van der Waals surface area (Å²) in [7, 11) is 1.73. The van der Waals surface area contributed by atoms with E-state index in [4.69, 9.17) is 9.57 Å². The fourth-order valence-electron chi connectivity index (χ4n) is 2.89. The molecule has 1 rings (SSSR count). The topological polar surface area (TPSA) is 91.3 Å². The molecule has 1 aromatic rings. The van der Waals surface area contributed by atoms with Crippen LogP contribution in [0.4, 0.5) is 4.79 Å². The van der Waals surface area contributed by atoms with Crippen molar-refractivity contribution in [2.75, 3.05) is 46.4 Å². The molecule has 0 aliphatic rings. The van der Waals surface area contributed by atoms with Crippen molar-refractivity contribution in [3.63, 3.8) is 0 Å². The van der Waals surface area contributed by atoms with Crippen molar-refractivity contribution < 1.29 is 24.3 Å². The molecule has 8 heteroatoms. The van der Waals surface area contributed by atoms with E-state index in [0.717, 1.165) is 32.2 Å². The summed E-state index contributed by atoms with van der Waals surface area (Å²) in [4.78, 5) is 31.2. The van der Waals surface area contributed by atoms with Crippen molar-refractivity contribution in [3.05, 3.63) is 35.9 Å². The number of carbonyl (C=O) groups excluding carboxylic acids is 2. The average Bonchev–Trinajstić information content (AvgIpc) is 2.70. The molecule has 0 aliphatic heterocycles. The van der Waals surface area contributed by atoms with Crippen LogP contribution in [0.15, 0.2) is 30.3 Å². The summed E-state index contributed by atoms with van der Waals surface area (Å²) in [5, 5.41) is 13.6. The largest absolute Gasteiger partial charge is 0.444 e. The highest BCUT2D eigenvalue weighted by Gasteiger charge is 2.15. The van der Waals surface area contributed by atoms with E-state index in [1.807, 2.05) is 26.8 Å². The number of rotatable bonds is 14. The van der Waals surface area contributed by atoms with E-state index in [2.05, 4.69) is 10.2 Å². The van der Waals surface area contributed by atoms with Gasteiger partial charge in [0, 0.05) is 33.2 Å². The molecule has 0 spiro atoms. The zero-order valence-corrected chi connectivity index (χ0v) is 19.4. The van der Waals surface area contributed by atoms with Crippen LogP contribution in [0.1, 0.15) is 56.8 Å². The van der Waals surface area contributed by atoms with E-state index < -0.39 is 5.60 Å². The number of amides is 1. The average molecular weight is 438 g/mol. The second-order valence-corrected chi connectivity index (χ2v) is 8.50. The van der Waals surface area contributed by atoms with Gasteiger partial charge in [-0.25, -0.2) is 9.59 Å². The van der Waals surface area contributed by atoms with Gasteiger partial charge in [-0.05, 0) is 52.3 Å². The lowest BCUT2D eigenvalue weighted by Gasteiger charge is -2.24. The third-order valence-corrected chi connectivity index (χ3v) is 4.46. The van der Waals surface area contributed by atoms with Gasteiger partial charge in [-0.3, -0.25) is 4.90 Å². The Labute approximate surface area is 186 Å². The molecule has 0 aliphatic carbocycles. The van der Waals surface area contributed by atoms with E-state index in [1.165, 1.54) is 5.06 Å². The molecule has 8 nitrogen and oxygen atoms in total. The highest BCUT2D eigenvalue weighted by atomic mass is 16.7. The number of hydrogen-bond donors (Lipinski definition) is 2. The number of nitrogens with zero attached hydrogens (tertiary/aromatic N) is 2. The van der Waals surface area contributed by atoms with Crippen LogP contribution in [0.5, 0.6) is 0 Å². The third-order valence-electron chi connectivity index (χ3n) is 4.46. The van der Waals surface area contributed by atoms with Crippen LogP contribution < -0.4 is 5.32 Å². The number of carbonyl (C=O) groups is 2. The minimum Gasteiger partial charge on any atom is -0.444 e. The second-order valence-electron chi connectivity index (χ2n) is 8.50. The van der Waals surface area contributed by atoms with Gasteiger partial charge in [-0.1, -0.05) is 31.0 Å². The van der Waals surface area contributed by atoms with Crippen molar-refractivity contribution in [2.24, 2.45) is 0 Å². The zero-order valence-electron chi connectivity index (χ0n) is 19.4. The van der Waals surface area contributed by atoms with Gasteiger partial charge < -0.3 is 20.0 Å². The lowest BCUT2D eigenvalue weighted by molar-refractivity contribution is -0.0935. The summed E-state index contributed by atoms with van der Waals surface area (Å²) in [6.07, 6.45) is 3.57. The Balaban J connectivity index is 2.17. The van der Waals surface area contributed by atoms with Gasteiger partial charge in [0.15, 0.2) is 0 Å². The molecule has 0 aromatic heterocycles. The molecule has 0 saturated carbocycles. The predicted octanol–water partition coefficient (Wildman–Crippen LogP) is 3.07. The van der Waals surface area contributed by atoms with Crippen LogP contribution in [-0.4, -0.2) is 79.1 Å². The summed E-state index contributed by atoms with van der Waals surface area (Å²) in [5.74, 6) is -0.378. The second kappa shape index (κ2) is 14.8. The smallest absolute Gasteiger partial charge is 0.407 e. The Kier molecular flexibility index (Phi) is 12.8. The third kappa shape index (κ3) is 13.7. The molecule has 176 valence electrons. The maximum absolute atomic E-state index is 12.1. The Morgan fingerprint density at radius 3 is 2.29 bits per heavy atom. The van der Waals surface area contributed by atoms with Gasteiger partial charge in [-0.15, -0.1) is 5.06 Å². The molecular weight excluding hydrogens is 398 g/mol.